The molecule has 2 aliphatic rings. The fourth-order valence-corrected chi connectivity index (χ4v) is 3.28. The van der Waals surface area contributed by atoms with Gasteiger partial charge < -0.3 is 20.5 Å². The molecule has 1 fully saturated rings. The molecular weight excluding hydrogens is 308 g/mol. The minimum atomic E-state index is -0.588. The van der Waals surface area contributed by atoms with E-state index in [-0.39, 0.29) is 17.9 Å². The number of esters is 1. The molecule has 6 nitrogen and oxygen atoms in total. The number of ether oxygens (including phenoxy) is 1. The van der Waals surface area contributed by atoms with E-state index in [4.69, 9.17) is 4.74 Å². The topological polar surface area (TPSA) is 87.7 Å². The standard InChI is InChI=1S/C18H22N2O4/c1-11-15(17(22)24-14-5-3-2-4-6-14)16(20-18(23)19-11)12-7-9-13(21)10-8-12/h7-10,14,16,21H,2-6H2,1H3,(H2,19,20,23)/t16-/m1/s1. The first-order valence-electron chi connectivity index (χ1n) is 8.33. The van der Waals surface area contributed by atoms with Gasteiger partial charge in [-0.05, 0) is 50.3 Å². The van der Waals surface area contributed by atoms with Crippen LogP contribution in [0.5, 0.6) is 5.75 Å². The molecule has 0 radical (unpaired) electrons. The Labute approximate surface area is 140 Å². The molecule has 1 heterocycles. The number of hydrogen-bond donors (Lipinski definition) is 3. The van der Waals surface area contributed by atoms with Crippen molar-refractivity contribution < 1.29 is 19.4 Å². The molecule has 1 aliphatic carbocycles. The van der Waals surface area contributed by atoms with Crippen molar-refractivity contribution in [3.8, 4) is 5.75 Å². The molecule has 1 aliphatic heterocycles. The van der Waals surface area contributed by atoms with Crippen molar-refractivity contribution in [3.05, 3.63) is 41.1 Å². The van der Waals surface area contributed by atoms with Crippen molar-refractivity contribution in [1.82, 2.24) is 10.6 Å². The van der Waals surface area contributed by atoms with Crippen LogP contribution < -0.4 is 10.6 Å². The van der Waals surface area contributed by atoms with Crippen molar-refractivity contribution in [2.75, 3.05) is 0 Å². The molecule has 24 heavy (non-hydrogen) atoms. The summed E-state index contributed by atoms with van der Waals surface area (Å²) in [5.41, 5.74) is 1.63. The third kappa shape index (κ3) is 3.53. The first kappa shape index (κ1) is 16.4. The van der Waals surface area contributed by atoms with E-state index in [1.807, 2.05) is 0 Å². The zero-order valence-corrected chi connectivity index (χ0v) is 13.7. The Morgan fingerprint density at radius 2 is 1.83 bits per heavy atom. The normalized spacial score (nSPS) is 21.9. The van der Waals surface area contributed by atoms with E-state index >= 15 is 0 Å². The number of carbonyl (C=O) groups is 2. The Kier molecular flexibility index (Phi) is 4.74. The van der Waals surface area contributed by atoms with Gasteiger partial charge in [-0.15, -0.1) is 0 Å². The fraction of sp³-hybridized carbons (Fsp3) is 0.444. The third-order valence-electron chi connectivity index (χ3n) is 4.54. The van der Waals surface area contributed by atoms with Gasteiger partial charge in [0.15, 0.2) is 0 Å². The number of phenolic OH excluding ortho intramolecular Hbond substituents is 1. The molecule has 2 amide bonds. The van der Waals surface area contributed by atoms with Gasteiger partial charge in [0.1, 0.15) is 11.9 Å². The minimum absolute atomic E-state index is 0.0513. The Bertz CT molecular complexity index is 660. The number of urea groups is 1. The molecule has 3 rings (SSSR count). The monoisotopic (exact) mass is 330 g/mol. The van der Waals surface area contributed by atoms with E-state index in [9.17, 15) is 14.7 Å². The van der Waals surface area contributed by atoms with Crippen LogP contribution in [0.25, 0.3) is 0 Å². The van der Waals surface area contributed by atoms with Gasteiger partial charge in [0.2, 0.25) is 0 Å². The molecule has 3 N–H and O–H groups in total. The van der Waals surface area contributed by atoms with Crippen molar-refractivity contribution in [2.24, 2.45) is 0 Å². The maximum Gasteiger partial charge on any atom is 0.338 e. The lowest BCUT2D eigenvalue weighted by Crippen LogP contribution is -2.45. The summed E-state index contributed by atoms with van der Waals surface area (Å²) in [4.78, 5) is 24.5. The number of allylic oxidation sites excluding steroid dienone is 1. The lowest BCUT2D eigenvalue weighted by molar-refractivity contribution is -0.146. The van der Waals surface area contributed by atoms with Crippen LogP contribution in [-0.4, -0.2) is 23.2 Å². The van der Waals surface area contributed by atoms with Crippen molar-refractivity contribution in [1.29, 1.82) is 0 Å². The summed E-state index contributed by atoms with van der Waals surface area (Å²) < 4.78 is 5.67. The summed E-state index contributed by atoms with van der Waals surface area (Å²) in [5.74, 6) is -0.268. The summed E-state index contributed by atoms with van der Waals surface area (Å²) in [6, 6.07) is 5.49. The molecular formula is C18H22N2O4. The highest BCUT2D eigenvalue weighted by Crippen LogP contribution is 2.30. The average Bonchev–Trinajstić information content (AvgIpc) is 2.55. The number of aromatic hydroxyl groups is 1. The highest BCUT2D eigenvalue weighted by Gasteiger charge is 2.33. The van der Waals surface area contributed by atoms with Crippen LogP contribution in [0.15, 0.2) is 35.5 Å². The highest BCUT2D eigenvalue weighted by molar-refractivity contribution is 5.95. The molecule has 6 heteroatoms. The maximum absolute atomic E-state index is 12.7. The fourth-order valence-electron chi connectivity index (χ4n) is 3.28. The summed E-state index contributed by atoms with van der Waals surface area (Å²) in [6.07, 6.45) is 5.07. The van der Waals surface area contributed by atoms with Gasteiger partial charge in [-0.3, -0.25) is 0 Å². The SMILES string of the molecule is CC1=C(C(=O)OC2CCCCC2)[C@@H](c2ccc(O)cc2)NC(=O)N1. The number of nitrogens with one attached hydrogen (secondary N) is 2. The summed E-state index contributed by atoms with van der Waals surface area (Å²) >= 11 is 0. The zero-order valence-electron chi connectivity index (χ0n) is 13.7. The van der Waals surface area contributed by atoms with Gasteiger partial charge in [-0.1, -0.05) is 18.6 Å². The second-order valence-corrected chi connectivity index (χ2v) is 6.33. The molecule has 0 unspecified atom stereocenters. The van der Waals surface area contributed by atoms with Crippen LogP contribution in [0.3, 0.4) is 0 Å². The molecule has 1 aromatic carbocycles. The molecule has 0 aromatic heterocycles. The smallest absolute Gasteiger partial charge is 0.338 e. The van der Waals surface area contributed by atoms with Crippen LogP contribution in [0.2, 0.25) is 0 Å². The Hall–Kier alpha value is -2.50. The zero-order chi connectivity index (χ0) is 17.1. The third-order valence-corrected chi connectivity index (χ3v) is 4.54. The van der Waals surface area contributed by atoms with Crippen LogP contribution in [0, 0.1) is 0 Å². The number of phenols is 1. The van der Waals surface area contributed by atoms with Crippen LogP contribution >= 0.6 is 0 Å². The molecule has 128 valence electrons. The van der Waals surface area contributed by atoms with E-state index < -0.39 is 12.0 Å². The largest absolute Gasteiger partial charge is 0.508 e. The van der Waals surface area contributed by atoms with Crippen molar-refractivity contribution in [2.45, 2.75) is 51.2 Å². The summed E-state index contributed by atoms with van der Waals surface area (Å²) in [5, 5.41) is 14.8. The van der Waals surface area contributed by atoms with Crippen molar-refractivity contribution >= 4 is 12.0 Å². The maximum atomic E-state index is 12.7. The average molecular weight is 330 g/mol. The predicted molar refractivity (Wildman–Crippen MR) is 88.2 cm³/mol. The van der Waals surface area contributed by atoms with E-state index in [1.54, 1.807) is 19.1 Å². The first-order valence-corrected chi connectivity index (χ1v) is 8.33. The van der Waals surface area contributed by atoms with Gasteiger partial charge >= 0.3 is 12.0 Å². The van der Waals surface area contributed by atoms with Gasteiger partial charge in [0.05, 0.1) is 11.6 Å². The summed E-state index contributed by atoms with van der Waals surface area (Å²) in [7, 11) is 0. The number of amides is 2. The predicted octanol–water partition coefficient (Wildman–Crippen LogP) is 2.90. The van der Waals surface area contributed by atoms with Gasteiger partial charge in [0, 0.05) is 5.70 Å². The molecule has 0 saturated heterocycles. The van der Waals surface area contributed by atoms with E-state index in [2.05, 4.69) is 10.6 Å². The first-order chi connectivity index (χ1) is 11.5. The van der Waals surface area contributed by atoms with E-state index in [1.165, 1.54) is 18.6 Å². The van der Waals surface area contributed by atoms with Gasteiger partial charge in [-0.25, -0.2) is 9.59 Å². The second-order valence-electron chi connectivity index (χ2n) is 6.33. The lowest BCUT2D eigenvalue weighted by atomic mass is 9.94. The molecule has 1 atom stereocenters. The van der Waals surface area contributed by atoms with Crippen LogP contribution in [0.4, 0.5) is 4.79 Å². The molecule has 0 bridgehead atoms. The highest BCUT2D eigenvalue weighted by atomic mass is 16.5. The van der Waals surface area contributed by atoms with Crippen LogP contribution in [0.1, 0.15) is 50.6 Å². The van der Waals surface area contributed by atoms with Gasteiger partial charge in [0.25, 0.3) is 0 Å². The van der Waals surface area contributed by atoms with E-state index in [0.717, 1.165) is 31.2 Å². The summed E-state index contributed by atoms with van der Waals surface area (Å²) in [6.45, 7) is 1.70. The number of benzene rings is 1. The molecule has 1 saturated carbocycles. The molecule has 0 spiro atoms. The number of hydrogen-bond acceptors (Lipinski definition) is 4. The molecule has 1 aromatic rings. The lowest BCUT2D eigenvalue weighted by Gasteiger charge is -2.30. The number of rotatable bonds is 3. The Morgan fingerprint density at radius 3 is 2.50 bits per heavy atom. The van der Waals surface area contributed by atoms with Crippen molar-refractivity contribution in [3.63, 3.8) is 0 Å². The quantitative estimate of drug-likeness (QED) is 0.744. The Morgan fingerprint density at radius 1 is 1.17 bits per heavy atom. The minimum Gasteiger partial charge on any atom is -0.508 e. The number of carbonyl (C=O) groups excluding carboxylic acids is 2. The second kappa shape index (κ2) is 6.95. The van der Waals surface area contributed by atoms with Gasteiger partial charge in [-0.2, -0.15) is 0 Å². The van der Waals surface area contributed by atoms with E-state index in [0.29, 0.717) is 11.3 Å². The Balaban J connectivity index is 1.85. The van der Waals surface area contributed by atoms with Crippen LogP contribution in [-0.2, 0) is 9.53 Å².